The van der Waals surface area contributed by atoms with Crippen molar-refractivity contribution in [2.24, 2.45) is 5.73 Å². The number of anilines is 1. The van der Waals surface area contributed by atoms with Crippen molar-refractivity contribution in [1.82, 2.24) is 20.4 Å². The molecule has 0 amide bonds. The Kier molecular flexibility index (Phi) is 5.19. The van der Waals surface area contributed by atoms with Gasteiger partial charge in [0.25, 0.3) is 0 Å². The topological polar surface area (TPSA) is 73.2 Å². The Labute approximate surface area is 199 Å². The second-order valence-corrected chi connectivity index (χ2v) is 9.93. The minimum Gasteiger partial charge on any atom is -0.379 e. The normalized spacial score (nSPS) is 19.4. The number of rotatable bonds is 5. The summed E-state index contributed by atoms with van der Waals surface area (Å²) in [5, 5.41) is 11.2. The number of benzene rings is 2. The van der Waals surface area contributed by atoms with Crippen LogP contribution in [0.2, 0.25) is 0 Å². The van der Waals surface area contributed by atoms with E-state index in [0.717, 1.165) is 78.4 Å². The SMILES string of the molecule is CN1CCN(c2ccc(-c3n[nH]c4c3C=C(c3cc(F)cc(C5(CN)CC5)c3)NC4)cc2)CC1. The molecule has 34 heavy (non-hydrogen) atoms. The minimum atomic E-state index is -0.215. The van der Waals surface area contributed by atoms with Crippen LogP contribution in [0.4, 0.5) is 10.1 Å². The Hall–Kier alpha value is -3.16. The van der Waals surface area contributed by atoms with Crippen molar-refractivity contribution in [1.29, 1.82) is 0 Å². The molecule has 0 spiro atoms. The van der Waals surface area contributed by atoms with Crippen LogP contribution < -0.4 is 16.0 Å². The van der Waals surface area contributed by atoms with Crippen LogP contribution in [0.15, 0.2) is 42.5 Å². The van der Waals surface area contributed by atoms with Gasteiger partial charge >= 0.3 is 0 Å². The standard InChI is InChI=1S/C27H31FN6/c1-33-8-10-34(11-9-33)22-4-2-18(3-5-22)26-23-15-24(30-16-25(23)31-32-26)19-12-20(14-21(28)13-19)27(17-29)6-7-27/h2-5,12-15,30H,6-11,16-17,29H2,1H3,(H,31,32). The highest BCUT2D eigenvalue weighted by Crippen LogP contribution is 2.48. The lowest BCUT2D eigenvalue weighted by atomic mass is 9.92. The first-order valence-corrected chi connectivity index (χ1v) is 12.1. The van der Waals surface area contributed by atoms with Gasteiger partial charge in [-0.1, -0.05) is 12.1 Å². The van der Waals surface area contributed by atoms with Crippen molar-refractivity contribution in [3.8, 4) is 11.3 Å². The molecule has 1 aliphatic carbocycles. The number of piperazine rings is 1. The van der Waals surface area contributed by atoms with Gasteiger partial charge in [0.15, 0.2) is 0 Å². The first-order chi connectivity index (χ1) is 16.5. The van der Waals surface area contributed by atoms with Gasteiger partial charge in [-0.05, 0) is 61.9 Å². The number of aromatic nitrogens is 2. The number of nitrogens with two attached hydrogens (primary N) is 1. The molecule has 176 valence electrons. The van der Waals surface area contributed by atoms with Crippen molar-refractivity contribution in [2.45, 2.75) is 24.8 Å². The lowest BCUT2D eigenvalue weighted by Gasteiger charge is -2.34. The van der Waals surface area contributed by atoms with Crippen LogP contribution in [-0.4, -0.2) is 54.9 Å². The number of hydrogen-bond donors (Lipinski definition) is 3. The summed E-state index contributed by atoms with van der Waals surface area (Å²) in [6.45, 7) is 5.45. The first kappa shape index (κ1) is 21.4. The van der Waals surface area contributed by atoms with E-state index in [4.69, 9.17) is 5.73 Å². The molecule has 0 unspecified atom stereocenters. The fourth-order valence-corrected chi connectivity index (χ4v) is 5.17. The summed E-state index contributed by atoms with van der Waals surface area (Å²) in [5.41, 5.74) is 14.1. The maximum Gasteiger partial charge on any atom is 0.124 e. The Balaban J connectivity index is 1.30. The number of aromatic amines is 1. The quantitative estimate of drug-likeness (QED) is 0.545. The maximum atomic E-state index is 14.5. The predicted octanol–water partition coefficient (Wildman–Crippen LogP) is 3.56. The van der Waals surface area contributed by atoms with Crippen molar-refractivity contribution in [3.05, 3.63) is 70.7 Å². The lowest BCUT2D eigenvalue weighted by Crippen LogP contribution is -2.44. The summed E-state index contributed by atoms with van der Waals surface area (Å²) in [7, 11) is 2.17. The van der Waals surface area contributed by atoms with Gasteiger partial charge in [-0.25, -0.2) is 4.39 Å². The second kappa shape index (κ2) is 8.25. The zero-order chi connectivity index (χ0) is 23.3. The number of halogens is 1. The van der Waals surface area contributed by atoms with Gasteiger partial charge in [0.1, 0.15) is 5.82 Å². The van der Waals surface area contributed by atoms with E-state index in [1.165, 1.54) is 5.69 Å². The number of nitrogens with one attached hydrogen (secondary N) is 2. The summed E-state index contributed by atoms with van der Waals surface area (Å²) in [4.78, 5) is 4.79. The fraction of sp³-hybridized carbons (Fsp3) is 0.370. The molecule has 1 saturated carbocycles. The highest BCUT2D eigenvalue weighted by Gasteiger charge is 2.43. The Morgan fingerprint density at radius 3 is 2.50 bits per heavy atom. The Bertz CT molecular complexity index is 1230. The number of hydrogen-bond acceptors (Lipinski definition) is 5. The molecule has 7 heteroatoms. The maximum absolute atomic E-state index is 14.5. The summed E-state index contributed by atoms with van der Waals surface area (Å²) >= 11 is 0. The molecular formula is C27H31FN6. The third kappa shape index (κ3) is 3.79. The van der Waals surface area contributed by atoms with Crippen LogP contribution in [0.5, 0.6) is 0 Å². The molecule has 6 rings (SSSR count). The van der Waals surface area contributed by atoms with Crippen LogP contribution in [0.3, 0.4) is 0 Å². The van der Waals surface area contributed by atoms with E-state index in [1.54, 1.807) is 12.1 Å². The molecule has 1 aromatic heterocycles. The molecule has 0 bridgehead atoms. The molecule has 4 N–H and O–H groups in total. The van der Waals surface area contributed by atoms with Crippen LogP contribution in [-0.2, 0) is 12.0 Å². The first-order valence-electron chi connectivity index (χ1n) is 12.1. The molecule has 6 nitrogen and oxygen atoms in total. The van der Waals surface area contributed by atoms with Crippen LogP contribution in [0, 0.1) is 5.82 Å². The van der Waals surface area contributed by atoms with Gasteiger partial charge in [0.05, 0.1) is 17.9 Å². The summed E-state index contributed by atoms with van der Waals surface area (Å²) in [5.74, 6) is -0.215. The average molecular weight is 459 g/mol. The summed E-state index contributed by atoms with van der Waals surface area (Å²) < 4.78 is 14.5. The van der Waals surface area contributed by atoms with E-state index in [2.05, 4.69) is 68.8 Å². The van der Waals surface area contributed by atoms with E-state index in [-0.39, 0.29) is 11.2 Å². The lowest BCUT2D eigenvalue weighted by molar-refractivity contribution is 0.313. The Morgan fingerprint density at radius 1 is 1.03 bits per heavy atom. The van der Waals surface area contributed by atoms with E-state index in [9.17, 15) is 4.39 Å². The third-order valence-electron chi connectivity index (χ3n) is 7.70. The van der Waals surface area contributed by atoms with E-state index in [1.807, 2.05) is 0 Å². The number of H-pyrrole nitrogens is 1. The fourth-order valence-electron chi connectivity index (χ4n) is 5.17. The van der Waals surface area contributed by atoms with E-state index in [0.29, 0.717) is 13.1 Å². The predicted molar refractivity (Wildman–Crippen MR) is 135 cm³/mol. The number of nitrogens with zero attached hydrogens (tertiary/aromatic N) is 3. The van der Waals surface area contributed by atoms with Gasteiger partial charge in [-0.2, -0.15) is 5.10 Å². The molecule has 3 heterocycles. The van der Waals surface area contributed by atoms with Gasteiger partial charge in [-0.3, -0.25) is 5.10 Å². The van der Waals surface area contributed by atoms with E-state index < -0.39 is 0 Å². The van der Waals surface area contributed by atoms with Gasteiger partial charge in [-0.15, -0.1) is 0 Å². The molecule has 2 fully saturated rings. The minimum absolute atomic E-state index is 0.0520. The van der Waals surface area contributed by atoms with Crippen LogP contribution >= 0.6 is 0 Å². The summed E-state index contributed by atoms with van der Waals surface area (Å²) in [6.07, 6.45) is 4.14. The monoisotopic (exact) mass is 458 g/mol. The molecule has 0 radical (unpaired) electrons. The smallest absolute Gasteiger partial charge is 0.124 e. The Morgan fingerprint density at radius 2 is 1.79 bits per heavy atom. The second-order valence-electron chi connectivity index (χ2n) is 9.93. The average Bonchev–Trinajstić information content (AvgIpc) is 3.56. The highest BCUT2D eigenvalue weighted by molar-refractivity contribution is 5.88. The van der Waals surface area contributed by atoms with Gasteiger partial charge in [0.2, 0.25) is 0 Å². The molecular weight excluding hydrogens is 427 g/mol. The van der Waals surface area contributed by atoms with Gasteiger partial charge < -0.3 is 20.9 Å². The van der Waals surface area contributed by atoms with Crippen molar-refractivity contribution < 1.29 is 4.39 Å². The molecule has 3 aromatic rings. The molecule has 2 aliphatic heterocycles. The van der Waals surface area contributed by atoms with Crippen LogP contribution in [0.25, 0.3) is 23.0 Å². The van der Waals surface area contributed by atoms with E-state index >= 15 is 0 Å². The van der Waals surface area contributed by atoms with Crippen molar-refractivity contribution >= 4 is 17.5 Å². The molecule has 0 atom stereocenters. The largest absolute Gasteiger partial charge is 0.379 e. The number of fused-ring (bicyclic) bond motifs is 1. The van der Waals surface area contributed by atoms with Crippen molar-refractivity contribution in [3.63, 3.8) is 0 Å². The van der Waals surface area contributed by atoms with Gasteiger partial charge in [0, 0.05) is 66.2 Å². The van der Waals surface area contributed by atoms with Crippen LogP contribution in [0.1, 0.15) is 35.2 Å². The highest BCUT2D eigenvalue weighted by atomic mass is 19.1. The summed E-state index contributed by atoms with van der Waals surface area (Å²) in [6, 6.07) is 14.0. The zero-order valence-electron chi connectivity index (χ0n) is 19.6. The number of likely N-dealkylation sites (N-methyl/N-ethyl adjacent to an activating group) is 1. The zero-order valence-corrected chi connectivity index (χ0v) is 19.6. The third-order valence-corrected chi connectivity index (χ3v) is 7.70. The molecule has 2 aromatic carbocycles. The van der Waals surface area contributed by atoms with Crippen molar-refractivity contribution in [2.75, 3.05) is 44.7 Å². The molecule has 1 saturated heterocycles. The molecule has 3 aliphatic rings.